The smallest absolute Gasteiger partial charge is 0.128 e. The van der Waals surface area contributed by atoms with E-state index in [4.69, 9.17) is 5.26 Å². The number of anilines is 2. The van der Waals surface area contributed by atoms with Crippen molar-refractivity contribution in [2.24, 2.45) is 0 Å². The van der Waals surface area contributed by atoms with Crippen LogP contribution in [0.2, 0.25) is 0 Å². The minimum Gasteiger partial charge on any atom is -0.355 e. The standard InChI is InChI=1S/C17H10F2N2/c18-12-7-13(19)9-14(8-12)21-17-6-5-11(10-20)15-3-1-2-4-16(15)17/h1-9,21H. The highest BCUT2D eigenvalue weighted by Gasteiger charge is 2.07. The van der Waals surface area contributed by atoms with E-state index in [0.29, 0.717) is 16.9 Å². The van der Waals surface area contributed by atoms with Gasteiger partial charge < -0.3 is 5.32 Å². The average molecular weight is 280 g/mol. The molecule has 0 amide bonds. The molecule has 0 heterocycles. The van der Waals surface area contributed by atoms with Gasteiger partial charge in [0, 0.05) is 28.2 Å². The van der Waals surface area contributed by atoms with Gasteiger partial charge in [-0.05, 0) is 24.3 Å². The van der Waals surface area contributed by atoms with Crippen LogP contribution >= 0.6 is 0 Å². The Morgan fingerprint density at radius 1 is 0.857 bits per heavy atom. The first kappa shape index (κ1) is 13.1. The van der Waals surface area contributed by atoms with E-state index in [1.807, 2.05) is 24.3 Å². The summed E-state index contributed by atoms with van der Waals surface area (Å²) in [5.74, 6) is -1.29. The molecule has 0 aromatic heterocycles. The summed E-state index contributed by atoms with van der Waals surface area (Å²) in [7, 11) is 0. The number of nitrogens with one attached hydrogen (secondary N) is 1. The van der Waals surface area contributed by atoms with E-state index >= 15 is 0 Å². The molecule has 102 valence electrons. The first-order chi connectivity index (χ1) is 10.2. The van der Waals surface area contributed by atoms with Crippen molar-refractivity contribution in [3.05, 3.63) is 71.8 Å². The van der Waals surface area contributed by atoms with Crippen LogP contribution in [0.5, 0.6) is 0 Å². The quantitative estimate of drug-likeness (QED) is 0.736. The van der Waals surface area contributed by atoms with Gasteiger partial charge in [0.25, 0.3) is 0 Å². The zero-order valence-corrected chi connectivity index (χ0v) is 10.9. The molecule has 0 saturated carbocycles. The minimum absolute atomic E-state index is 0.322. The molecule has 0 radical (unpaired) electrons. The average Bonchev–Trinajstić information content (AvgIpc) is 2.46. The fourth-order valence-electron chi connectivity index (χ4n) is 2.29. The van der Waals surface area contributed by atoms with Crippen LogP contribution in [0.15, 0.2) is 54.6 Å². The van der Waals surface area contributed by atoms with Crippen LogP contribution in [0.4, 0.5) is 20.2 Å². The SMILES string of the molecule is N#Cc1ccc(Nc2cc(F)cc(F)c2)c2ccccc12. The highest BCUT2D eigenvalue weighted by atomic mass is 19.1. The maximum atomic E-state index is 13.2. The Hall–Kier alpha value is -2.93. The van der Waals surface area contributed by atoms with Crippen LogP contribution < -0.4 is 5.32 Å². The molecule has 0 atom stereocenters. The van der Waals surface area contributed by atoms with Crippen molar-refractivity contribution in [3.63, 3.8) is 0 Å². The Labute approximate surface area is 120 Å². The number of fused-ring (bicyclic) bond motifs is 1. The lowest BCUT2D eigenvalue weighted by Gasteiger charge is -2.11. The van der Waals surface area contributed by atoms with Gasteiger partial charge in [-0.1, -0.05) is 24.3 Å². The van der Waals surface area contributed by atoms with E-state index in [0.717, 1.165) is 16.8 Å². The second kappa shape index (κ2) is 5.22. The van der Waals surface area contributed by atoms with Crippen LogP contribution in [0, 0.1) is 23.0 Å². The molecule has 3 aromatic carbocycles. The van der Waals surface area contributed by atoms with E-state index in [2.05, 4.69) is 11.4 Å². The topological polar surface area (TPSA) is 35.8 Å². The van der Waals surface area contributed by atoms with E-state index in [-0.39, 0.29) is 0 Å². The van der Waals surface area contributed by atoms with Crippen LogP contribution in [0.3, 0.4) is 0 Å². The second-order valence-corrected chi connectivity index (χ2v) is 4.60. The molecular weight excluding hydrogens is 270 g/mol. The van der Waals surface area contributed by atoms with E-state index in [1.54, 1.807) is 12.1 Å². The van der Waals surface area contributed by atoms with Gasteiger partial charge in [-0.25, -0.2) is 8.78 Å². The normalized spacial score (nSPS) is 10.3. The van der Waals surface area contributed by atoms with Gasteiger partial charge in [-0.2, -0.15) is 5.26 Å². The number of halogens is 2. The Kier molecular flexibility index (Phi) is 3.25. The molecule has 0 aliphatic rings. The van der Waals surface area contributed by atoms with Gasteiger partial charge in [-0.15, -0.1) is 0 Å². The zero-order chi connectivity index (χ0) is 14.8. The maximum Gasteiger partial charge on any atom is 0.128 e. The summed E-state index contributed by atoms with van der Waals surface area (Å²) in [5, 5.41) is 13.7. The first-order valence-electron chi connectivity index (χ1n) is 6.32. The van der Waals surface area contributed by atoms with Crippen molar-refractivity contribution >= 4 is 22.1 Å². The van der Waals surface area contributed by atoms with Gasteiger partial charge in [0.2, 0.25) is 0 Å². The van der Waals surface area contributed by atoms with Gasteiger partial charge in [0.05, 0.1) is 11.6 Å². The lowest BCUT2D eigenvalue weighted by atomic mass is 10.0. The Morgan fingerprint density at radius 2 is 1.52 bits per heavy atom. The van der Waals surface area contributed by atoms with Crippen molar-refractivity contribution in [2.45, 2.75) is 0 Å². The number of rotatable bonds is 2. The highest BCUT2D eigenvalue weighted by molar-refractivity contribution is 5.98. The van der Waals surface area contributed by atoms with Crippen LogP contribution in [-0.4, -0.2) is 0 Å². The summed E-state index contributed by atoms with van der Waals surface area (Å²) in [6, 6.07) is 16.2. The van der Waals surface area contributed by atoms with Gasteiger partial charge in [-0.3, -0.25) is 0 Å². The highest BCUT2D eigenvalue weighted by Crippen LogP contribution is 2.29. The van der Waals surface area contributed by atoms with E-state index < -0.39 is 11.6 Å². The molecule has 0 aliphatic heterocycles. The molecule has 3 rings (SSSR count). The molecule has 0 bridgehead atoms. The van der Waals surface area contributed by atoms with Gasteiger partial charge in [0.1, 0.15) is 11.6 Å². The minimum atomic E-state index is -0.643. The Balaban J connectivity index is 2.11. The summed E-state index contributed by atoms with van der Waals surface area (Å²) >= 11 is 0. The molecule has 0 spiro atoms. The molecule has 0 saturated heterocycles. The number of benzene rings is 3. The zero-order valence-electron chi connectivity index (χ0n) is 10.9. The first-order valence-corrected chi connectivity index (χ1v) is 6.32. The van der Waals surface area contributed by atoms with Crippen LogP contribution in [0.1, 0.15) is 5.56 Å². The molecule has 3 aromatic rings. The molecule has 21 heavy (non-hydrogen) atoms. The lowest BCUT2D eigenvalue weighted by molar-refractivity contribution is 0.584. The second-order valence-electron chi connectivity index (χ2n) is 4.60. The summed E-state index contributed by atoms with van der Waals surface area (Å²) < 4.78 is 26.5. The Morgan fingerprint density at radius 3 is 2.19 bits per heavy atom. The van der Waals surface area contributed by atoms with Crippen molar-refractivity contribution in [2.75, 3.05) is 5.32 Å². The lowest BCUT2D eigenvalue weighted by Crippen LogP contribution is -1.94. The number of hydrogen-bond acceptors (Lipinski definition) is 2. The third-order valence-corrected chi connectivity index (χ3v) is 3.19. The molecular formula is C17H10F2N2. The van der Waals surface area contributed by atoms with Crippen molar-refractivity contribution in [3.8, 4) is 6.07 Å². The number of hydrogen-bond donors (Lipinski definition) is 1. The fourth-order valence-corrected chi connectivity index (χ4v) is 2.29. The van der Waals surface area contributed by atoms with Crippen molar-refractivity contribution < 1.29 is 8.78 Å². The molecule has 0 aliphatic carbocycles. The maximum absolute atomic E-state index is 13.2. The predicted octanol–water partition coefficient (Wildman–Crippen LogP) is 4.73. The van der Waals surface area contributed by atoms with E-state index in [9.17, 15) is 8.78 Å². The fraction of sp³-hybridized carbons (Fsp3) is 0. The van der Waals surface area contributed by atoms with Crippen molar-refractivity contribution in [1.29, 1.82) is 5.26 Å². The third kappa shape index (κ3) is 2.54. The largest absolute Gasteiger partial charge is 0.355 e. The monoisotopic (exact) mass is 280 g/mol. The third-order valence-electron chi connectivity index (χ3n) is 3.19. The Bertz CT molecular complexity index is 846. The predicted molar refractivity (Wildman–Crippen MR) is 78.3 cm³/mol. The van der Waals surface area contributed by atoms with Crippen LogP contribution in [-0.2, 0) is 0 Å². The number of nitriles is 1. The molecule has 2 nitrogen and oxygen atoms in total. The summed E-state index contributed by atoms with van der Waals surface area (Å²) in [6.45, 7) is 0. The summed E-state index contributed by atoms with van der Waals surface area (Å²) in [6.07, 6.45) is 0. The summed E-state index contributed by atoms with van der Waals surface area (Å²) in [4.78, 5) is 0. The molecule has 4 heteroatoms. The number of nitrogens with zero attached hydrogens (tertiary/aromatic N) is 1. The molecule has 1 N–H and O–H groups in total. The molecule has 0 unspecified atom stereocenters. The van der Waals surface area contributed by atoms with Crippen LogP contribution in [0.25, 0.3) is 10.8 Å². The van der Waals surface area contributed by atoms with Crippen molar-refractivity contribution in [1.82, 2.24) is 0 Å². The van der Waals surface area contributed by atoms with E-state index in [1.165, 1.54) is 12.1 Å². The summed E-state index contributed by atoms with van der Waals surface area (Å²) in [5.41, 5.74) is 1.57. The van der Waals surface area contributed by atoms with Gasteiger partial charge in [0.15, 0.2) is 0 Å². The molecule has 0 fully saturated rings. The van der Waals surface area contributed by atoms with Gasteiger partial charge >= 0.3 is 0 Å².